The molecule has 3 aromatic carbocycles. The summed E-state index contributed by atoms with van der Waals surface area (Å²) in [5, 5.41) is 14.3. The zero-order valence-corrected chi connectivity index (χ0v) is 41.3. The predicted octanol–water partition coefficient (Wildman–Crippen LogP) is 5.33. The van der Waals surface area contributed by atoms with E-state index in [-0.39, 0.29) is 47.8 Å². The predicted molar refractivity (Wildman–Crippen MR) is 252 cm³/mol. The van der Waals surface area contributed by atoms with E-state index in [9.17, 15) is 39.2 Å². The lowest BCUT2D eigenvalue weighted by Gasteiger charge is -2.22. The van der Waals surface area contributed by atoms with Gasteiger partial charge < -0.3 is 24.8 Å². The first-order valence-corrected chi connectivity index (χ1v) is 27.0. The summed E-state index contributed by atoms with van der Waals surface area (Å²) in [5.74, 6) is 1.06. The molecule has 1 aliphatic rings. The highest BCUT2D eigenvalue weighted by atomic mass is 79.9. The topological polar surface area (TPSA) is 259 Å². The summed E-state index contributed by atoms with van der Waals surface area (Å²) in [6.45, 7) is 1.67. The molecule has 6 rings (SSSR count). The molecule has 1 fully saturated rings. The van der Waals surface area contributed by atoms with Crippen molar-refractivity contribution in [3.8, 4) is 28.4 Å². The molecule has 0 atom stereocenters. The molecular formula is C43H51BrClN7O12S3. The molecule has 1 amide bonds. The van der Waals surface area contributed by atoms with E-state index < -0.39 is 53.7 Å². The van der Waals surface area contributed by atoms with Crippen LogP contribution < -0.4 is 24.8 Å². The van der Waals surface area contributed by atoms with Crippen molar-refractivity contribution in [1.82, 2.24) is 35.5 Å². The maximum Gasteiger partial charge on any atom is 0.286 e. The molecule has 5 aromatic rings. The van der Waals surface area contributed by atoms with Crippen LogP contribution in [0.4, 0.5) is 0 Å². The number of carbonyl (C=O) groups is 1. The van der Waals surface area contributed by atoms with Gasteiger partial charge in [-0.1, -0.05) is 47.1 Å². The molecule has 0 aliphatic carbocycles. The Hall–Kier alpha value is -4.72. The standard InChI is InChI=1S/C43H51BrClN7O12S3/c1-51(25-41(53)48-22-42(66(56,57)58)67(59,60)61)23-33-18-38(45)40(19-39(33)63-26-30-16-36(21-47-20-30)65(2,54)55)64-27-32-8-4-10-37(43(32)44)31-7-3-9-35(17-31)62-28-34-24-52(50-49-34)15-5-6-29-11-13-46-14-12-29/h3-4,7-10,16-21,24,29,42,46H,5-6,11-15,22-23,25-28H2,1-2H3,(H,48,53)(H,56,57,58)(H,59,60,61). The van der Waals surface area contributed by atoms with Gasteiger partial charge in [-0.05, 0) is 103 Å². The van der Waals surface area contributed by atoms with Crippen LogP contribution in [0.1, 0.15) is 48.1 Å². The van der Waals surface area contributed by atoms with Gasteiger partial charge in [-0.25, -0.2) is 8.42 Å². The fourth-order valence-corrected chi connectivity index (χ4v) is 10.6. The van der Waals surface area contributed by atoms with Crippen molar-refractivity contribution < 1.29 is 53.4 Å². The van der Waals surface area contributed by atoms with E-state index in [2.05, 4.69) is 41.9 Å². The quantitative estimate of drug-likeness (QED) is 0.0603. The third-order valence-corrected chi connectivity index (χ3v) is 16.2. The van der Waals surface area contributed by atoms with Gasteiger partial charge in [0.05, 0.1) is 29.2 Å². The van der Waals surface area contributed by atoms with Crippen LogP contribution in [0.2, 0.25) is 5.02 Å². The number of amides is 1. The highest BCUT2D eigenvalue weighted by Crippen LogP contribution is 2.37. The van der Waals surface area contributed by atoms with Gasteiger partial charge >= 0.3 is 0 Å². The molecule has 2 aromatic heterocycles. The van der Waals surface area contributed by atoms with E-state index in [0.29, 0.717) is 16.9 Å². The minimum Gasteiger partial charge on any atom is -0.488 e. The third-order valence-electron chi connectivity index (χ3n) is 10.7. The van der Waals surface area contributed by atoms with Crippen LogP contribution in [0.25, 0.3) is 11.1 Å². The van der Waals surface area contributed by atoms with Crippen molar-refractivity contribution in [2.45, 2.75) is 68.1 Å². The van der Waals surface area contributed by atoms with Crippen LogP contribution in [0.5, 0.6) is 17.2 Å². The van der Waals surface area contributed by atoms with E-state index in [1.54, 1.807) is 12.1 Å². The second-order valence-electron chi connectivity index (χ2n) is 16.1. The van der Waals surface area contributed by atoms with Crippen molar-refractivity contribution in [3.63, 3.8) is 0 Å². The number of sulfone groups is 1. The van der Waals surface area contributed by atoms with Gasteiger partial charge in [0, 0.05) is 59.0 Å². The maximum absolute atomic E-state index is 12.7. The number of pyridine rings is 1. The first-order valence-electron chi connectivity index (χ1n) is 20.9. The maximum atomic E-state index is 12.7. The minimum absolute atomic E-state index is 0.000338. The van der Waals surface area contributed by atoms with Crippen molar-refractivity contribution in [2.24, 2.45) is 5.92 Å². The molecule has 0 bridgehead atoms. The number of hydrogen-bond acceptors (Lipinski definition) is 15. The van der Waals surface area contributed by atoms with E-state index >= 15 is 0 Å². The van der Waals surface area contributed by atoms with E-state index in [4.69, 9.17) is 25.8 Å². The van der Waals surface area contributed by atoms with Crippen molar-refractivity contribution >= 4 is 63.5 Å². The molecule has 0 unspecified atom stereocenters. The van der Waals surface area contributed by atoms with Crippen LogP contribution in [-0.4, -0.2) is 109 Å². The van der Waals surface area contributed by atoms with Gasteiger partial charge in [0.2, 0.25) is 10.5 Å². The number of carbonyl (C=O) groups excluding carboxylic acids is 1. The summed E-state index contributed by atoms with van der Waals surface area (Å²) in [7, 11) is -12.6. The Balaban J connectivity index is 1.13. The van der Waals surface area contributed by atoms with Crippen LogP contribution in [0, 0.1) is 5.92 Å². The van der Waals surface area contributed by atoms with Crippen LogP contribution in [0.15, 0.2) is 88.6 Å². The zero-order chi connectivity index (χ0) is 48.4. The molecule has 19 nitrogen and oxygen atoms in total. The van der Waals surface area contributed by atoms with Gasteiger partial charge in [-0.2, -0.15) is 16.8 Å². The van der Waals surface area contributed by atoms with Gasteiger partial charge in [-0.15, -0.1) is 5.10 Å². The average molecular weight is 1070 g/mol. The van der Waals surface area contributed by atoms with Crippen molar-refractivity contribution in [2.75, 3.05) is 39.5 Å². The number of nitrogens with one attached hydrogen (secondary N) is 2. The molecule has 0 saturated carbocycles. The number of halogens is 2. The Kier molecular flexibility index (Phi) is 17.8. The molecule has 67 heavy (non-hydrogen) atoms. The number of rotatable bonds is 23. The Morgan fingerprint density at radius 3 is 2.40 bits per heavy atom. The number of likely N-dealkylation sites (N-methyl/N-ethyl adjacent to an activating group) is 1. The second kappa shape index (κ2) is 23.1. The lowest BCUT2D eigenvalue weighted by atomic mass is 9.93. The number of ether oxygens (including phenoxy) is 3. The number of benzene rings is 3. The van der Waals surface area contributed by atoms with Crippen LogP contribution >= 0.6 is 27.5 Å². The third kappa shape index (κ3) is 15.4. The highest BCUT2D eigenvalue weighted by molar-refractivity contribution is 9.10. The van der Waals surface area contributed by atoms with Gasteiger partial charge in [0.25, 0.3) is 20.2 Å². The SMILES string of the molecule is CN(CC(=O)NCC(S(=O)(=O)O)S(=O)(=O)O)Cc1cc(Cl)c(OCc2cccc(-c3cccc(OCc4cn(CCCC5CCNCC5)nn4)c3)c2Br)cc1OCc1cncc(S(C)(=O)=O)c1. The number of aromatic nitrogens is 4. The second-order valence-corrected chi connectivity index (χ2v) is 22.8. The summed E-state index contributed by atoms with van der Waals surface area (Å²) >= 11 is 10.5. The van der Waals surface area contributed by atoms with E-state index in [1.165, 1.54) is 49.7 Å². The molecular weight excluding hydrogens is 1020 g/mol. The lowest BCUT2D eigenvalue weighted by molar-refractivity contribution is -0.121. The van der Waals surface area contributed by atoms with Gasteiger partial charge in [0.1, 0.15) is 42.8 Å². The molecule has 0 spiro atoms. The Morgan fingerprint density at radius 2 is 1.67 bits per heavy atom. The first-order chi connectivity index (χ1) is 31.7. The largest absolute Gasteiger partial charge is 0.488 e. The Labute approximate surface area is 403 Å². The number of hydrogen-bond donors (Lipinski definition) is 4. The molecule has 1 saturated heterocycles. The molecule has 24 heteroatoms. The summed E-state index contributed by atoms with van der Waals surface area (Å²) in [6.07, 6.45) is 10.3. The number of piperidine rings is 1. The van der Waals surface area contributed by atoms with Crippen molar-refractivity contribution in [1.29, 1.82) is 0 Å². The summed E-state index contributed by atoms with van der Waals surface area (Å²) in [6, 6.07) is 18.0. The van der Waals surface area contributed by atoms with E-state index in [1.807, 2.05) is 53.3 Å². The number of nitrogens with zero attached hydrogens (tertiary/aromatic N) is 5. The summed E-state index contributed by atoms with van der Waals surface area (Å²) < 4.78 is 107. The molecule has 4 N–H and O–H groups in total. The molecule has 1 aliphatic heterocycles. The summed E-state index contributed by atoms with van der Waals surface area (Å²) in [4.78, 5) is 18.2. The van der Waals surface area contributed by atoms with Crippen LogP contribution in [0.3, 0.4) is 0 Å². The van der Waals surface area contributed by atoms with Crippen LogP contribution in [-0.2, 0) is 67.8 Å². The molecule has 362 valence electrons. The van der Waals surface area contributed by atoms with Gasteiger partial charge in [-0.3, -0.25) is 28.5 Å². The smallest absolute Gasteiger partial charge is 0.286 e. The minimum atomic E-state index is -5.27. The number of aryl methyl sites for hydroxylation is 1. The fourth-order valence-electron chi connectivity index (χ4n) is 7.27. The first kappa shape index (κ1) is 51.7. The zero-order valence-electron chi connectivity index (χ0n) is 36.5. The molecule has 3 heterocycles. The normalized spacial score (nSPS) is 13.8. The highest BCUT2D eigenvalue weighted by Gasteiger charge is 2.36. The Morgan fingerprint density at radius 1 is 0.940 bits per heavy atom. The average Bonchev–Trinajstić information content (AvgIpc) is 3.72. The van der Waals surface area contributed by atoms with Gasteiger partial charge in [0.15, 0.2) is 9.84 Å². The monoisotopic (exact) mass is 1070 g/mol. The molecule has 0 radical (unpaired) electrons. The summed E-state index contributed by atoms with van der Waals surface area (Å²) in [5.41, 5.74) is 4.16. The lowest BCUT2D eigenvalue weighted by Crippen LogP contribution is -2.44. The van der Waals surface area contributed by atoms with E-state index in [0.717, 1.165) is 65.1 Å². The van der Waals surface area contributed by atoms with Crippen molar-refractivity contribution in [3.05, 3.63) is 111 Å². The fraction of sp³-hybridized carbons (Fsp3) is 0.395. The Bertz CT molecular complexity index is 2830.